The van der Waals surface area contributed by atoms with E-state index >= 15 is 0 Å². The fourth-order valence-corrected chi connectivity index (χ4v) is 3.42. The molecule has 1 saturated carbocycles. The Labute approximate surface area is 145 Å². The molecule has 1 amide bonds. The van der Waals surface area contributed by atoms with Crippen LogP contribution in [0.3, 0.4) is 0 Å². The monoisotopic (exact) mass is 346 g/mol. The molecule has 1 fully saturated rings. The average molecular weight is 346 g/mol. The van der Waals surface area contributed by atoms with Crippen molar-refractivity contribution < 1.29 is 4.79 Å². The largest absolute Gasteiger partial charge is 0.353 e. The molecule has 0 saturated heterocycles. The number of aromatic amines is 1. The lowest BCUT2D eigenvalue weighted by Crippen LogP contribution is -2.34. The van der Waals surface area contributed by atoms with Gasteiger partial charge in [0.1, 0.15) is 0 Å². The lowest BCUT2D eigenvalue weighted by Gasteiger charge is -2.13. The van der Waals surface area contributed by atoms with Gasteiger partial charge in [0.15, 0.2) is 5.16 Å². The molecule has 0 unspecified atom stereocenters. The van der Waals surface area contributed by atoms with Gasteiger partial charge in [-0.2, -0.15) is 0 Å². The number of nitrogens with one attached hydrogen (secondary N) is 2. The number of hydrogen-bond donors (Lipinski definition) is 2. The minimum Gasteiger partial charge on any atom is -0.353 e. The summed E-state index contributed by atoms with van der Waals surface area (Å²) in [7, 11) is 0. The van der Waals surface area contributed by atoms with Crippen molar-refractivity contribution in [2.24, 2.45) is 0 Å². The lowest BCUT2D eigenvalue weighted by atomic mass is 10.1. The molecule has 1 aliphatic rings. The molecule has 1 heterocycles. The molecular formula is C17H22N4O2S. The summed E-state index contributed by atoms with van der Waals surface area (Å²) in [5.41, 5.74) is 1.09. The molecule has 1 aromatic heterocycles. The highest BCUT2D eigenvalue weighted by Crippen LogP contribution is 2.35. The number of H-pyrrole nitrogens is 1. The van der Waals surface area contributed by atoms with Crippen LogP contribution in [0.15, 0.2) is 40.3 Å². The zero-order chi connectivity index (χ0) is 16.9. The molecule has 128 valence electrons. The highest BCUT2D eigenvalue weighted by molar-refractivity contribution is 7.99. The molecule has 0 spiro atoms. The number of carbonyl (C=O) groups excluding carboxylic acids is 1. The van der Waals surface area contributed by atoms with E-state index < -0.39 is 0 Å². The Morgan fingerprint density at radius 1 is 1.42 bits per heavy atom. The summed E-state index contributed by atoms with van der Waals surface area (Å²) in [6, 6.07) is 10.6. The van der Waals surface area contributed by atoms with Gasteiger partial charge in [-0.25, -0.2) is 9.89 Å². The molecule has 3 rings (SSSR count). The molecular weight excluding hydrogens is 324 g/mol. The third-order valence-electron chi connectivity index (χ3n) is 4.03. The van der Waals surface area contributed by atoms with Gasteiger partial charge in [-0.05, 0) is 38.2 Å². The SMILES string of the molecule is C[C@H](CCc1ccccc1)NC(=O)CSc1n[nH]c(=O)n1C1CC1. The van der Waals surface area contributed by atoms with Crippen LogP contribution in [0.2, 0.25) is 0 Å². The minimum atomic E-state index is -0.184. The maximum atomic E-state index is 12.1. The van der Waals surface area contributed by atoms with Crippen LogP contribution in [0.25, 0.3) is 0 Å². The van der Waals surface area contributed by atoms with E-state index in [2.05, 4.69) is 27.6 Å². The first kappa shape index (κ1) is 16.8. The molecule has 2 N–H and O–H groups in total. The number of thioether (sulfide) groups is 1. The first-order valence-electron chi connectivity index (χ1n) is 8.26. The standard InChI is InChI=1S/C17H22N4O2S/c1-12(7-8-13-5-3-2-4-6-13)18-15(22)11-24-17-20-19-16(23)21(17)14-9-10-14/h2-6,12,14H,7-11H2,1H3,(H,18,22)(H,19,23)/t12-/m1/s1. The van der Waals surface area contributed by atoms with Crippen molar-refractivity contribution >= 4 is 17.7 Å². The molecule has 1 aliphatic carbocycles. The number of hydrogen-bond acceptors (Lipinski definition) is 4. The summed E-state index contributed by atoms with van der Waals surface area (Å²) in [5, 5.41) is 10.1. The minimum absolute atomic E-state index is 0.0293. The highest BCUT2D eigenvalue weighted by Gasteiger charge is 2.28. The van der Waals surface area contributed by atoms with Crippen LogP contribution >= 0.6 is 11.8 Å². The van der Waals surface area contributed by atoms with Gasteiger partial charge in [-0.3, -0.25) is 9.36 Å². The zero-order valence-corrected chi connectivity index (χ0v) is 14.5. The van der Waals surface area contributed by atoms with Gasteiger partial charge in [0, 0.05) is 12.1 Å². The Kier molecular flexibility index (Phi) is 5.40. The van der Waals surface area contributed by atoms with E-state index in [0.717, 1.165) is 25.7 Å². The number of rotatable bonds is 8. The number of aromatic nitrogens is 3. The van der Waals surface area contributed by atoms with Crippen LogP contribution in [-0.4, -0.2) is 32.5 Å². The second-order valence-corrected chi connectivity index (χ2v) is 7.14. The van der Waals surface area contributed by atoms with E-state index in [1.54, 1.807) is 4.57 Å². The Morgan fingerprint density at radius 3 is 2.88 bits per heavy atom. The van der Waals surface area contributed by atoms with Crippen molar-refractivity contribution in [1.82, 2.24) is 20.1 Å². The van der Waals surface area contributed by atoms with Crippen LogP contribution < -0.4 is 11.0 Å². The van der Waals surface area contributed by atoms with E-state index in [9.17, 15) is 9.59 Å². The van der Waals surface area contributed by atoms with E-state index in [0.29, 0.717) is 5.16 Å². The summed E-state index contributed by atoms with van der Waals surface area (Å²) in [4.78, 5) is 23.8. The lowest BCUT2D eigenvalue weighted by molar-refractivity contribution is -0.119. The van der Waals surface area contributed by atoms with Crippen LogP contribution in [-0.2, 0) is 11.2 Å². The summed E-state index contributed by atoms with van der Waals surface area (Å²) < 4.78 is 1.66. The number of benzene rings is 1. The first-order valence-corrected chi connectivity index (χ1v) is 9.25. The summed E-state index contributed by atoms with van der Waals surface area (Å²) in [6.45, 7) is 2.01. The van der Waals surface area contributed by atoms with Gasteiger partial charge < -0.3 is 5.32 Å². The van der Waals surface area contributed by atoms with Crippen molar-refractivity contribution in [3.8, 4) is 0 Å². The second-order valence-electron chi connectivity index (χ2n) is 6.19. The molecule has 0 radical (unpaired) electrons. The molecule has 1 aromatic carbocycles. The van der Waals surface area contributed by atoms with Crippen LogP contribution in [0.4, 0.5) is 0 Å². The summed E-state index contributed by atoms with van der Waals surface area (Å²) in [6.07, 6.45) is 3.86. The van der Waals surface area contributed by atoms with Crippen molar-refractivity contribution in [3.63, 3.8) is 0 Å². The van der Waals surface area contributed by atoms with Crippen LogP contribution in [0, 0.1) is 0 Å². The normalized spacial score (nSPS) is 15.2. The molecule has 2 aromatic rings. The van der Waals surface area contributed by atoms with Gasteiger partial charge in [0.25, 0.3) is 0 Å². The van der Waals surface area contributed by atoms with E-state index in [1.165, 1.54) is 17.3 Å². The van der Waals surface area contributed by atoms with Gasteiger partial charge in [0.2, 0.25) is 5.91 Å². The molecule has 0 bridgehead atoms. The van der Waals surface area contributed by atoms with Crippen molar-refractivity contribution in [2.75, 3.05) is 5.75 Å². The Morgan fingerprint density at radius 2 is 2.17 bits per heavy atom. The Bertz CT molecular complexity index is 737. The van der Waals surface area contributed by atoms with E-state index in [-0.39, 0.29) is 29.4 Å². The van der Waals surface area contributed by atoms with Gasteiger partial charge in [0.05, 0.1) is 5.75 Å². The maximum Gasteiger partial charge on any atom is 0.344 e. The molecule has 7 heteroatoms. The van der Waals surface area contributed by atoms with Crippen LogP contribution in [0.1, 0.15) is 37.8 Å². The second kappa shape index (κ2) is 7.70. The van der Waals surface area contributed by atoms with Gasteiger partial charge in [-0.15, -0.1) is 5.10 Å². The predicted molar refractivity (Wildman–Crippen MR) is 94.2 cm³/mol. The fourth-order valence-electron chi connectivity index (χ4n) is 2.59. The Balaban J connectivity index is 1.43. The van der Waals surface area contributed by atoms with Gasteiger partial charge >= 0.3 is 5.69 Å². The molecule has 0 aliphatic heterocycles. The Hall–Kier alpha value is -2.02. The molecule has 6 nitrogen and oxygen atoms in total. The number of amides is 1. The quantitative estimate of drug-likeness (QED) is 0.718. The van der Waals surface area contributed by atoms with Crippen molar-refractivity contribution in [3.05, 3.63) is 46.4 Å². The van der Waals surface area contributed by atoms with Gasteiger partial charge in [-0.1, -0.05) is 42.1 Å². The maximum absolute atomic E-state index is 12.1. The van der Waals surface area contributed by atoms with Crippen molar-refractivity contribution in [2.45, 2.75) is 49.8 Å². The smallest absolute Gasteiger partial charge is 0.344 e. The third-order valence-corrected chi connectivity index (χ3v) is 4.99. The molecule has 1 atom stereocenters. The fraction of sp³-hybridized carbons (Fsp3) is 0.471. The number of carbonyl (C=O) groups is 1. The van der Waals surface area contributed by atoms with Crippen LogP contribution in [0.5, 0.6) is 0 Å². The topological polar surface area (TPSA) is 79.8 Å². The van der Waals surface area contributed by atoms with E-state index in [1.807, 2.05) is 25.1 Å². The molecule has 24 heavy (non-hydrogen) atoms. The number of aryl methyl sites for hydroxylation is 1. The van der Waals surface area contributed by atoms with Crippen molar-refractivity contribution in [1.29, 1.82) is 0 Å². The third kappa shape index (κ3) is 4.50. The number of nitrogens with zero attached hydrogens (tertiary/aromatic N) is 2. The zero-order valence-electron chi connectivity index (χ0n) is 13.7. The highest BCUT2D eigenvalue weighted by atomic mass is 32.2. The predicted octanol–water partition coefficient (Wildman–Crippen LogP) is 2.14. The summed E-state index contributed by atoms with van der Waals surface area (Å²) >= 11 is 1.31. The average Bonchev–Trinajstić information content (AvgIpc) is 3.35. The first-order chi connectivity index (χ1) is 11.6. The summed E-state index contributed by atoms with van der Waals surface area (Å²) in [5.74, 6) is 0.241. The van der Waals surface area contributed by atoms with E-state index in [4.69, 9.17) is 0 Å².